The molecule has 126 valence electrons. The third-order valence-corrected chi connectivity index (χ3v) is 4.63. The van der Waals surface area contributed by atoms with Crippen LogP contribution in [-0.2, 0) is 16.8 Å². The van der Waals surface area contributed by atoms with Crippen molar-refractivity contribution < 1.29 is 13.9 Å². The summed E-state index contributed by atoms with van der Waals surface area (Å²) in [6, 6.07) is 11.0. The number of benzene rings is 2. The molecule has 1 N–H and O–H groups in total. The fourth-order valence-electron chi connectivity index (χ4n) is 3.19. The lowest BCUT2D eigenvalue weighted by molar-refractivity contribution is -0.123. The minimum Gasteiger partial charge on any atom is -0.494 e. The van der Waals surface area contributed by atoms with Crippen LogP contribution < -0.4 is 10.1 Å². The van der Waals surface area contributed by atoms with Crippen LogP contribution >= 0.6 is 0 Å². The van der Waals surface area contributed by atoms with Crippen LogP contribution in [-0.4, -0.2) is 13.0 Å². The molecule has 0 unspecified atom stereocenters. The van der Waals surface area contributed by atoms with E-state index in [-0.39, 0.29) is 11.7 Å². The van der Waals surface area contributed by atoms with Crippen LogP contribution in [0.1, 0.15) is 35.1 Å². The van der Waals surface area contributed by atoms with Gasteiger partial charge in [-0.05, 0) is 49.9 Å². The molecule has 0 spiro atoms. The number of ether oxygens (including phenoxy) is 1. The van der Waals surface area contributed by atoms with Crippen molar-refractivity contribution in [1.82, 2.24) is 5.32 Å². The van der Waals surface area contributed by atoms with Gasteiger partial charge in [-0.1, -0.05) is 35.4 Å². The maximum atomic E-state index is 13.7. The Morgan fingerprint density at radius 3 is 2.38 bits per heavy atom. The molecule has 0 bridgehead atoms. The molecule has 3 nitrogen and oxygen atoms in total. The molecule has 1 amide bonds. The first-order valence-corrected chi connectivity index (χ1v) is 8.14. The molecule has 0 heterocycles. The van der Waals surface area contributed by atoms with Crippen LogP contribution in [0.2, 0.25) is 0 Å². The van der Waals surface area contributed by atoms with Crippen LogP contribution in [0.4, 0.5) is 4.39 Å². The van der Waals surface area contributed by atoms with E-state index < -0.39 is 11.2 Å². The average molecular weight is 327 g/mol. The normalized spacial score (nSPS) is 15.0. The number of hydrogen-bond acceptors (Lipinski definition) is 2. The molecule has 0 atom stereocenters. The lowest BCUT2D eigenvalue weighted by Gasteiger charge is -2.17. The second kappa shape index (κ2) is 6.27. The highest BCUT2D eigenvalue weighted by Crippen LogP contribution is 2.48. The second-order valence-corrected chi connectivity index (χ2v) is 6.61. The standard InChI is InChI=1S/C20H22FNO2/c1-13-8-14(2)10-16(9-13)20(6-7-20)19(23)22-12-15-4-5-18(24-3)17(21)11-15/h4-5,8-11H,6-7,12H2,1-3H3,(H,22,23). The number of amides is 1. The number of methoxy groups -OCH3 is 1. The Bertz CT molecular complexity index is 761. The van der Waals surface area contributed by atoms with Gasteiger partial charge in [0.1, 0.15) is 0 Å². The molecule has 0 saturated heterocycles. The molecule has 0 aliphatic heterocycles. The summed E-state index contributed by atoms with van der Waals surface area (Å²) in [6.07, 6.45) is 1.72. The van der Waals surface area contributed by atoms with E-state index in [1.54, 1.807) is 12.1 Å². The lowest BCUT2D eigenvalue weighted by atomic mass is 9.92. The molecule has 2 aromatic carbocycles. The maximum Gasteiger partial charge on any atom is 0.230 e. The molecule has 3 rings (SSSR count). The highest BCUT2D eigenvalue weighted by atomic mass is 19.1. The van der Waals surface area contributed by atoms with Crippen molar-refractivity contribution in [3.8, 4) is 5.75 Å². The first-order valence-electron chi connectivity index (χ1n) is 8.14. The third-order valence-electron chi connectivity index (χ3n) is 4.63. The van der Waals surface area contributed by atoms with Crippen molar-refractivity contribution in [2.45, 2.75) is 38.6 Å². The van der Waals surface area contributed by atoms with Gasteiger partial charge >= 0.3 is 0 Å². The Morgan fingerprint density at radius 1 is 1.17 bits per heavy atom. The van der Waals surface area contributed by atoms with E-state index in [0.717, 1.165) is 24.0 Å². The minimum atomic E-state index is -0.417. The number of hydrogen-bond donors (Lipinski definition) is 1. The minimum absolute atomic E-state index is 0.0173. The van der Waals surface area contributed by atoms with Gasteiger partial charge in [0.25, 0.3) is 0 Å². The van der Waals surface area contributed by atoms with E-state index in [1.807, 2.05) is 13.8 Å². The van der Waals surface area contributed by atoms with Crippen LogP contribution in [0.25, 0.3) is 0 Å². The summed E-state index contributed by atoms with van der Waals surface area (Å²) in [5.74, 6) is -0.192. The number of aryl methyl sites for hydroxylation is 2. The molecule has 1 saturated carbocycles. The van der Waals surface area contributed by atoms with Gasteiger partial charge in [-0.3, -0.25) is 4.79 Å². The number of rotatable bonds is 5. The number of nitrogens with one attached hydrogen (secondary N) is 1. The number of carbonyl (C=O) groups excluding carboxylic acids is 1. The van der Waals surface area contributed by atoms with Crippen LogP contribution in [0.5, 0.6) is 5.75 Å². The van der Waals surface area contributed by atoms with Gasteiger partial charge in [0, 0.05) is 6.54 Å². The summed E-state index contributed by atoms with van der Waals surface area (Å²) < 4.78 is 18.6. The van der Waals surface area contributed by atoms with Gasteiger partial charge < -0.3 is 10.1 Å². The van der Waals surface area contributed by atoms with Gasteiger partial charge in [-0.15, -0.1) is 0 Å². The summed E-state index contributed by atoms with van der Waals surface area (Å²) in [6.45, 7) is 4.40. The van der Waals surface area contributed by atoms with Gasteiger partial charge in [0.2, 0.25) is 5.91 Å². The highest BCUT2D eigenvalue weighted by Gasteiger charge is 2.51. The summed E-state index contributed by atoms with van der Waals surface area (Å²) in [5.41, 5.74) is 3.72. The van der Waals surface area contributed by atoms with E-state index in [0.29, 0.717) is 6.54 Å². The zero-order chi connectivity index (χ0) is 17.3. The van der Waals surface area contributed by atoms with E-state index in [1.165, 1.54) is 24.3 Å². The smallest absolute Gasteiger partial charge is 0.230 e. The van der Waals surface area contributed by atoms with Gasteiger partial charge in [0.05, 0.1) is 12.5 Å². The second-order valence-electron chi connectivity index (χ2n) is 6.61. The molecular formula is C20H22FNO2. The maximum absolute atomic E-state index is 13.7. The SMILES string of the molecule is COc1ccc(CNC(=O)C2(c3cc(C)cc(C)c3)CC2)cc1F. The van der Waals surface area contributed by atoms with Gasteiger partial charge in [0.15, 0.2) is 11.6 Å². The topological polar surface area (TPSA) is 38.3 Å². The molecule has 0 aromatic heterocycles. The first-order chi connectivity index (χ1) is 11.4. The number of carbonyl (C=O) groups is 1. The Kier molecular flexibility index (Phi) is 4.31. The van der Waals surface area contributed by atoms with Crippen molar-refractivity contribution >= 4 is 5.91 Å². The highest BCUT2D eigenvalue weighted by molar-refractivity contribution is 5.91. The van der Waals surface area contributed by atoms with Crippen molar-refractivity contribution in [2.24, 2.45) is 0 Å². The molecule has 4 heteroatoms. The summed E-state index contributed by atoms with van der Waals surface area (Å²) in [4.78, 5) is 12.7. The fraction of sp³-hybridized carbons (Fsp3) is 0.350. The van der Waals surface area contributed by atoms with Crippen LogP contribution in [0.15, 0.2) is 36.4 Å². The molecule has 1 fully saturated rings. The predicted octanol–water partition coefficient (Wildman–Crippen LogP) is 3.80. The summed E-state index contributed by atoms with van der Waals surface area (Å²) >= 11 is 0. The Hall–Kier alpha value is -2.36. The Labute approximate surface area is 141 Å². The quantitative estimate of drug-likeness (QED) is 0.907. The van der Waals surface area contributed by atoms with Crippen molar-refractivity contribution in [1.29, 1.82) is 0 Å². The van der Waals surface area contributed by atoms with Crippen molar-refractivity contribution in [2.75, 3.05) is 7.11 Å². The monoisotopic (exact) mass is 327 g/mol. The molecule has 2 aromatic rings. The third kappa shape index (κ3) is 3.14. The van der Waals surface area contributed by atoms with Crippen LogP contribution in [0, 0.1) is 19.7 Å². The molecular weight excluding hydrogens is 305 g/mol. The zero-order valence-corrected chi connectivity index (χ0v) is 14.3. The van der Waals surface area contributed by atoms with E-state index in [4.69, 9.17) is 4.74 Å². The zero-order valence-electron chi connectivity index (χ0n) is 14.3. The van der Waals surface area contributed by atoms with Crippen molar-refractivity contribution in [3.63, 3.8) is 0 Å². The molecule has 1 aliphatic carbocycles. The first kappa shape index (κ1) is 16.5. The largest absolute Gasteiger partial charge is 0.494 e. The lowest BCUT2D eigenvalue weighted by Crippen LogP contribution is -2.34. The molecule has 1 aliphatic rings. The van der Waals surface area contributed by atoms with Gasteiger partial charge in [-0.2, -0.15) is 0 Å². The van der Waals surface area contributed by atoms with E-state index in [2.05, 4.69) is 23.5 Å². The van der Waals surface area contributed by atoms with Crippen LogP contribution in [0.3, 0.4) is 0 Å². The number of halogens is 1. The van der Waals surface area contributed by atoms with Crippen molar-refractivity contribution in [3.05, 3.63) is 64.5 Å². The van der Waals surface area contributed by atoms with E-state index in [9.17, 15) is 9.18 Å². The molecule has 0 radical (unpaired) electrons. The summed E-state index contributed by atoms with van der Waals surface area (Å²) in [5, 5.41) is 2.96. The van der Waals surface area contributed by atoms with E-state index >= 15 is 0 Å². The van der Waals surface area contributed by atoms with Gasteiger partial charge in [-0.25, -0.2) is 4.39 Å². The Morgan fingerprint density at radius 2 is 1.83 bits per heavy atom. The summed E-state index contributed by atoms with van der Waals surface area (Å²) in [7, 11) is 1.43. The fourth-order valence-corrected chi connectivity index (χ4v) is 3.19. The molecule has 24 heavy (non-hydrogen) atoms. The Balaban J connectivity index is 1.72. The average Bonchev–Trinajstić information content (AvgIpc) is 3.33. The predicted molar refractivity (Wildman–Crippen MR) is 91.6 cm³/mol.